The Hall–Kier alpha value is -2.31. The van der Waals surface area contributed by atoms with Gasteiger partial charge < -0.3 is 5.32 Å². The molecule has 0 fully saturated rings. The van der Waals surface area contributed by atoms with Crippen molar-refractivity contribution in [2.75, 3.05) is 16.6 Å². The van der Waals surface area contributed by atoms with Gasteiger partial charge in [0.25, 0.3) is 10.2 Å². The fraction of sp³-hybridized carbons (Fsp3) is 0.100. The van der Waals surface area contributed by atoms with Gasteiger partial charge >= 0.3 is 0 Å². The summed E-state index contributed by atoms with van der Waals surface area (Å²) in [6.07, 6.45) is 0. The summed E-state index contributed by atoms with van der Waals surface area (Å²) in [4.78, 5) is 0. The van der Waals surface area contributed by atoms with Crippen LogP contribution in [-0.4, -0.2) is 15.0 Å². The number of rotatable bonds is 7. The topological polar surface area (TPSA) is 70.2 Å². The van der Waals surface area contributed by atoms with Crippen LogP contribution < -0.4 is 14.8 Å². The molecule has 0 aliphatic heterocycles. The quantitative estimate of drug-likeness (QED) is 0.348. The molecule has 30 heavy (non-hydrogen) atoms. The molecule has 158 valence electrons. The summed E-state index contributed by atoms with van der Waals surface area (Å²) in [6, 6.07) is 13.3. The third-order valence-corrected chi connectivity index (χ3v) is 5.88. The number of hydrogen-bond donors (Lipinski definition) is 3. The van der Waals surface area contributed by atoms with Gasteiger partial charge in [0.15, 0.2) is 11.6 Å². The zero-order valence-corrected chi connectivity index (χ0v) is 18.6. The summed E-state index contributed by atoms with van der Waals surface area (Å²) in [6.45, 7) is 1.65. The average molecular weight is 547 g/mol. The summed E-state index contributed by atoms with van der Waals surface area (Å²) >= 11 is 1.91. The summed E-state index contributed by atoms with van der Waals surface area (Å²) in [7, 11) is -4.10. The molecular formula is C20H17F3IN3O2S. The molecule has 5 nitrogen and oxygen atoms in total. The lowest BCUT2D eigenvalue weighted by Crippen LogP contribution is -2.30. The fourth-order valence-corrected chi connectivity index (χ4v) is 4.17. The molecule has 0 saturated heterocycles. The van der Waals surface area contributed by atoms with Gasteiger partial charge in [-0.1, -0.05) is 37.3 Å². The minimum atomic E-state index is -4.10. The van der Waals surface area contributed by atoms with Crippen molar-refractivity contribution in [1.82, 2.24) is 4.72 Å². The van der Waals surface area contributed by atoms with Crippen LogP contribution in [0.5, 0.6) is 0 Å². The summed E-state index contributed by atoms with van der Waals surface area (Å²) < 4.78 is 73.4. The van der Waals surface area contributed by atoms with E-state index < -0.39 is 33.3 Å². The largest absolute Gasteiger partial charge is 0.349 e. The smallest absolute Gasteiger partial charge is 0.299 e. The lowest BCUT2D eigenvalue weighted by atomic mass is 10.0. The van der Waals surface area contributed by atoms with Crippen LogP contribution in [0.2, 0.25) is 0 Å². The van der Waals surface area contributed by atoms with Crippen molar-refractivity contribution < 1.29 is 21.6 Å². The molecule has 3 aromatic carbocycles. The Morgan fingerprint density at radius 1 is 0.933 bits per heavy atom. The summed E-state index contributed by atoms with van der Waals surface area (Å²) in [5, 5.41) is 2.50. The molecule has 0 aliphatic carbocycles. The molecule has 0 aliphatic rings. The molecule has 0 bridgehead atoms. The second kappa shape index (κ2) is 9.23. The highest BCUT2D eigenvalue weighted by Crippen LogP contribution is 2.40. The van der Waals surface area contributed by atoms with E-state index in [-0.39, 0.29) is 23.5 Å². The van der Waals surface area contributed by atoms with Crippen LogP contribution in [0.3, 0.4) is 0 Å². The molecule has 0 saturated carbocycles. The van der Waals surface area contributed by atoms with Crippen LogP contribution in [0.4, 0.5) is 30.2 Å². The van der Waals surface area contributed by atoms with E-state index >= 15 is 0 Å². The Balaban J connectivity index is 2.24. The lowest BCUT2D eigenvalue weighted by Gasteiger charge is -2.20. The standard InChI is InChI=1S/C20H17F3IN3O2S/c1-2-25-30(28,29)27-19-14(12-6-4-3-5-7-12)11-16(22)18(23)20(19)26-17-9-8-13(24)10-15(17)21/h3-11,25-27H,2H2,1H3. The van der Waals surface area contributed by atoms with E-state index in [0.717, 1.165) is 6.07 Å². The Morgan fingerprint density at radius 3 is 2.27 bits per heavy atom. The van der Waals surface area contributed by atoms with Crippen molar-refractivity contribution in [2.24, 2.45) is 0 Å². The molecule has 0 unspecified atom stereocenters. The lowest BCUT2D eigenvalue weighted by molar-refractivity contribution is 0.512. The van der Waals surface area contributed by atoms with Crippen LogP contribution in [0.25, 0.3) is 11.1 Å². The van der Waals surface area contributed by atoms with Gasteiger partial charge in [0.2, 0.25) is 0 Å². The number of hydrogen-bond acceptors (Lipinski definition) is 3. The molecule has 0 heterocycles. The van der Waals surface area contributed by atoms with Crippen LogP contribution in [0, 0.1) is 21.0 Å². The SMILES string of the molecule is CCNS(=O)(=O)Nc1c(-c2ccccc2)cc(F)c(F)c1Nc1ccc(I)cc1F. The first kappa shape index (κ1) is 22.4. The Labute approximate surface area is 186 Å². The van der Waals surface area contributed by atoms with Crippen molar-refractivity contribution in [3.8, 4) is 11.1 Å². The third kappa shape index (κ3) is 5.05. The number of anilines is 3. The molecule has 0 amide bonds. The highest BCUT2D eigenvalue weighted by Gasteiger charge is 2.24. The van der Waals surface area contributed by atoms with E-state index in [1.807, 2.05) is 22.6 Å². The minimum absolute atomic E-state index is 0.0776. The molecule has 0 aromatic heterocycles. The molecule has 3 N–H and O–H groups in total. The predicted octanol–water partition coefficient (Wildman–Crippen LogP) is 5.39. The molecule has 3 rings (SSSR count). The van der Waals surface area contributed by atoms with Crippen molar-refractivity contribution in [2.45, 2.75) is 6.92 Å². The number of nitrogens with one attached hydrogen (secondary N) is 3. The zero-order valence-electron chi connectivity index (χ0n) is 15.6. The van der Waals surface area contributed by atoms with Crippen LogP contribution in [-0.2, 0) is 10.2 Å². The first-order valence-corrected chi connectivity index (χ1v) is 11.3. The predicted molar refractivity (Wildman–Crippen MR) is 120 cm³/mol. The Morgan fingerprint density at radius 2 is 1.63 bits per heavy atom. The van der Waals surface area contributed by atoms with Gasteiger partial charge in [0, 0.05) is 15.7 Å². The van der Waals surface area contributed by atoms with Crippen LogP contribution in [0.1, 0.15) is 6.92 Å². The van der Waals surface area contributed by atoms with Gasteiger partial charge in [-0.15, -0.1) is 0 Å². The number of halogens is 4. The second-order valence-corrected chi connectivity index (χ2v) is 8.93. The molecule has 3 aromatic rings. The van der Waals surface area contributed by atoms with E-state index in [1.165, 1.54) is 12.1 Å². The van der Waals surface area contributed by atoms with E-state index in [0.29, 0.717) is 9.13 Å². The highest BCUT2D eigenvalue weighted by molar-refractivity contribution is 14.1. The van der Waals surface area contributed by atoms with Crippen molar-refractivity contribution in [1.29, 1.82) is 0 Å². The fourth-order valence-electron chi connectivity index (χ4n) is 2.78. The van der Waals surface area contributed by atoms with Gasteiger partial charge in [0.05, 0.1) is 11.4 Å². The first-order valence-electron chi connectivity index (χ1n) is 8.78. The monoisotopic (exact) mass is 547 g/mol. The van der Waals surface area contributed by atoms with Crippen molar-refractivity contribution >= 4 is 49.9 Å². The van der Waals surface area contributed by atoms with Gasteiger partial charge in [-0.05, 0) is 52.4 Å². The molecule has 0 atom stereocenters. The summed E-state index contributed by atoms with van der Waals surface area (Å²) in [5.41, 5.74) is -0.390. The number of benzene rings is 3. The highest BCUT2D eigenvalue weighted by atomic mass is 127. The zero-order chi connectivity index (χ0) is 21.9. The van der Waals surface area contributed by atoms with Gasteiger partial charge in [-0.3, -0.25) is 4.72 Å². The maximum absolute atomic E-state index is 14.8. The van der Waals surface area contributed by atoms with E-state index in [9.17, 15) is 21.6 Å². The maximum atomic E-state index is 14.8. The van der Waals surface area contributed by atoms with Crippen molar-refractivity contribution in [3.63, 3.8) is 0 Å². The van der Waals surface area contributed by atoms with Gasteiger partial charge in [-0.2, -0.15) is 13.1 Å². The molecular weight excluding hydrogens is 530 g/mol. The van der Waals surface area contributed by atoms with Gasteiger partial charge in [0.1, 0.15) is 11.5 Å². The second-order valence-electron chi connectivity index (χ2n) is 6.19. The van der Waals surface area contributed by atoms with E-state index in [1.54, 1.807) is 43.3 Å². The molecule has 10 heteroatoms. The normalized spacial score (nSPS) is 11.4. The average Bonchev–Trinajstić information content (AvgIpc) is 2.69. The van der Waals surface area contributed by atoms with Crippen LogP contribution in [0.15, 0.2) is 54.6 Å². The van der Waals surface area contributed by atoms with Crippen LogP contribution >= 0.6 is 22.6 Å². The minimum Gasteiger partial charge on any atom is -0.349 e. The molecule has 0 spiro atoms. The summed E-state index contributed by atoms with van der Waals surface area (Å²) in [5.74, 6) is -3.26. The maximum Gasteiger partial charge on any atom is 0.299 e. The van der Waals surface area contributed by atoms with Gasteiger partial charge in [-0.25, -0.2) is 13.2 Å². The van der Waals surface area contributed by atoms with E-state index in [2.05, 4.69) is 14.8 Å². The molecule has 0 radical (unpaired) electrons. The first-order chi connectivity index (χ1) is 14.2. The third-order valence-electron chi connectivity index (χ3n) is 4.07. The Bertz CT molecular complexity index is 1180. The van der Waals surface area contributed by atoms with Crippen molar-refractivity contribution in [3.05, 3.63) is 75.6 Å². The Kier molecular flexibility index (Phi) is 6.88. The van der Waals surface area contributed by atoms with E-state index in [4.69, 9.17) is 0 Å².